The predicted octanol–water partition coefficient (Wildman–Crippen LogP) is 6.82. The molecule has 0 spiro atoms. The van der Waals surface area contributed by atoms with Crippen LogP contribution >= 0.6 is 17.8 Å². The van der Waals surface area contributed by atoms with Gasteiger partial charge in [-0.3, -0.25) is 0 Å². The Kier molecular flexibility index (Phi) is 7.15. The quantitative estimate of drug-likeness (QED) is 0.184. The number of amidine groups is 1. The second-order valence-corrected chi connectivity index (χ2v) is 25.2. The molecule has 0 atom stereocenters. The molecule has 0 bridgehead atoms. The number of nitrogens with zero attached hydrogens (tertiary/aromatic N) is 2. The monoisotopic (exact) mass is 557 g/mol. The van der Waals surface area contributed by atoms with Crippen molar-refractivity contribution >= 4 is 39.9 Å². The normalized spacial score (nSPS) is 17.0. The average Bonchev–Trinajstić information content (AvgIpc) is 3.19. The van der Waals surface area contributed by atoms with Crippen molar-refractivity contribution in [3.8, 4) is 0 Å². The zero-order valence-electron chi connectivity index (χ0n) is 22.6. The average molecular weight is 558 g/mol. The molecule has 0 saturated heterocycles. The molecule has 6 heteroatoms. The molecule has 1 aliphatic heterocycles. The molecule has 1 heterocycles. The molecule has 37 heavy (non-hydrogen) atoms. The Bertz CT molecular complexity index is 1300. The Morgan fingerprint density at radius 1 is 0.703 bits per heavy atom. The molecule has 1 radical (unpaired) electrons. The van der Waals surface area contributed by atoms with Crippen LogP contribution in [0.5, 0.6) is 0 Å². The molecular formula is C31H39N2P2Si2. The first-order valence-electron chi connectivity index (χ1n) is 13.2. The van der Waals surface area contributed by atoms with Gasteiger partial charge in [0.2, 0.25) is 0 Å². The molecular weight excluding hydrogens is 518 g/mol. The molecule has 5 rings (SSSR count). The standard InChI is InChI=1S/C31H39N2P2Si2/c1-36(2,30(34,25-17-9-5-10-18-25)26-19-11-6-12-20-26)32-29-33-37(3,4)31(35-29,27-21-13-7-14-22-27)28-23-15-8-16-24-28/h5-24H,1-4,35H3,34H4. The minimum atomic E-state index is -2.22. The summed E-state index contributed by atoms with van der Waals surface area (Å²) in [4.78, 5) is 5.79. The summed E-state index contributed by atoms with van der Waals surface area (Å²) in [5.41, 5.74) is 6.89. The van der Waals surface area contributed by atoms with E-state index >= 15 is 0 Å². The second-order valence-electron chi connectivity index (χ2n) is 11.4. The molecule has 191 valence electrons. The third-order valence-corrected chi connectivity index (χ3v) is 26.6. The van der Waals surface area contributed by atoms with Crippen molar-refractivity contribution in [1.82, 2.24) is 4.98 Å². The SMILES string of the molecule is C[Si](C)([N]C1=N[Si](C)(C)C(c2ccccc2)(c2ccccc2)[PH3]1)C([PH4])(c1ccccc1)c1ccccc1. The summed E-state index contributed by atoms with van der Waals surface area (Å²) < 4.78 is 5.61. The van der Waals surface area contributed by atoms with Crippen LogP contribution in [0.3, 0.4) is 0 Å². The van der Waals surface area contributed by atoms with Gasteiger partial charge in [-0.05, 0) is 0 Å². The van der Waals surface area contributed by atoms with Gasteiger partial charge in [0.05, 0.1) is 0 Å². The maximum atomic E-state index is 5.79. The topological polar surface area (TPSA) is 26.5 Å². The van der Waals surface area contributed by atoms with E-state index in [-0.39, 0.29) is 9.56 Å². The molecule has 4 aromatic rings. The van der Waals surface area contributed by atoms with Crippen LogP contribution in [0.1, 0.15) is 22.3 Å². The van der Waals surface area contributed by atoms with Crippen molar-refractivity contribution in [1.29, 1.82) is 0 Å². The van der Waals surface area contributed by atoms with Gasteiger partial charge in [0.15, 0.2) is 0 Å². The molecule has 0 saturated carbocycles. The van der Waals surface area contributed by atoms with Gasteiger partial charge in [0.1, 0.15) is 0 Å². The number of rotatable bonds is 6. The first kappa shape index (κ1) is 26.3. The molecule has 0 amide bonds. The van der Waals surface area contributed by atoms with Crippen molar-refractivity contribution < 1.29 is 0 Å². The zero-order chi connectivity index (χ0) is 26.2. The summed E-state index contributed by atoms with van der Waals surface area (Å²) in [5, 5.41) is 0. The second kappa shape index (κ2) is 10.1. The summed E-state index contributed by atoms with van der Waals surface area (Å²) in [6, 6.07) is 44.6. The Hall–Kier alpha value is -2.36. The van der Waals surface area contributed by atoms with E-state index in [0.717, 1.165) is 9.24 Å². The molecule has 4 aromatic carbocycles. The maximum absolute atomic E-state index is 5.79. The third-order valence-electron chi connectivity index (χ3n) is 8.74. The van der Waals surface area contributed by atoms with E-state index in [1.54, 1.807) is 0 Å². The van der Waals surface area contributed by atoms with Crippen LogP contribution in [0.4, 0.5) is 0 Å². The first-order valence-corrected chi connectivity index (χ1v) is 21.6. The van der Waals surface area contributed by atoms with Gasteiger partial charge in [0.25, 0.3) is 0 Å². The summed E-state index contributed by atoms with van der Waals surface area (Å²) in [6.45, 7) is 9.85. The van der Waals surface area contributed by atoms with Gasteiger partial charge in [-0.25, -0.2) is 0 Å². The van der Waals surface area contributed by atoms with E-state index in [9.17, 15) is 0 Å². The van der Waals surface area contributed by atoms with Crippen LogP contribution < -0.4 is 4.98 Å². The molecule has 1 aliphatic rings. The predicted molar refractivity (Wildman–Crippen MR) is 175 cm³/mol. The number of hydrogen-bond donors (Lipinski definition) is 0. The van der Waals surface area contributed by atoms with Crippen LogP contribution in [-0.4, -0.2) is 22.0 Å². The van der Waals surface area contributed by atoms with Gasteiger partial charge in [-0.1, -0.05) is 0 Å². The van der Waals surface area contributed by atoms with Gasteiger partial charge >= 0.3 is 229 Å². The Balaban J connectivity index is 1.59. The number of benzene rings is 4. The fourth-order valence-corrected chi connectivity index (χ4v) is 19.5. The van der Waals surface area contributed by atoms with Crippen LogP contribution in [0, 0.1) is 0 Å². The van der Waals surface area contributed by atoms with Crippen molar-refractivity contribution in [3.05, 3.63) is 144 Å². The minimum absolute atomic E-state index is 0.0200. The molecule has 2 nitrogen and oxygen atoms in total. The molecule has 0 aromatic heterocycles. The zero-order valence-corrected chi connectivity index (χ0v) is 28.1. The molecule has 0 aliphatic carbocycles. The van der Waals surface area contributed by atoms with Crippen LogP contribution in [0.15, 0.2) is 126 Å². The summed E-state index contributed by atoms with van der Waals surface area (Å²) in [6.07, 6.45) is 0. The van der Waals surface area contributed by atoms with Crippen LogP contribution in [0.25, 0.3) is 0 Å². The van der Waals surface area contributed by atoms with Crippen LogP contribution in [0.2, 0.25) is 26.2 Å². The Morgan fingerprint density at radius 2 is 1.08 bits per heavy atom. The van der Waals surface area contributed by atoms with Crippen molar-refractivity contribution in [2.75, 3.05) is 0 Å². The van der Waals surface area contributed by atoms with Crippen molar-refractivity contribution in [3.63, 3.8) is 0 Å². The fourth-order valence-electron chi connectivity index (χ4n) is 6.35. The molecule has 0 N–H and O–H groups in total. The van der Waals surface area contributed by atoms with Gasteiger partial charge in [-0.15, -0.1) is 0 Å². The third kappa shape index (κ3) is 4.49. The molecule has 0 unspecified atom stereocenters. The van der Waals surface area contributed by atoms with Gasteiger partial charge in [0, 0.05) is 0 Å². The fraction of sp³-hybridized carbons (Fsp3) is 0.194. The summed E-state index contributed by atoms with van der Waals surface area (Å²) in [5.74, 6) is 0. The first-order chi connectivity index (χ1) is 17.7. The van der Waals surface area contributed by atoms with Crippen molar-refractivity contribution in [2.24, 2.45) is 4.66 Å². The summed E-state index contributed by atoms with van der Waals surface area (Å²) in [7, 11) is -4.15. The van der Waals surface area contributed by atoms with E-state index in [2.05, 4.69) is 148 Å². The van der Waals surface area contributed by atoms with E-state index in [1.165, 1.54) is 27.8 Å². The Labute approximate surface area is 228 Å². The Morgan fingerprint density at radius 3 is 1.49 bits per heavy atom. The number of hydrogen-bond acceptors (Lipinski definition) is 1. The van der Waals surface area contributed by atoms with E-state index in [0.29, 0.717) is 0 Å². The van der Waals surface area contributed by atoms with Crippen LogP contribution in [-0.2, 0) is 9.56 Å². The van der Waals surface area contributed by atoms with E-state index in [1.807, 2.05) is 0 Å². The molecule has 0 fully saturated rings. The van der Waals surface area contributed by atoms with E-state index < -0.39 is 25.1 Å². The van der Waals surface area contributed by atoms with Crippen molar-refractivity contribution in [2.45, 2.75) is 35.7 Å². The van der Waals surface area contributed by atoms with E-state index in [4.69, 9.17) is 9.64 Å². The van der Waals surface area contributed by atoms with Gasteiger partial charge < -0.3 is 0 Å². The van der Waals surface area contributed by atoms with Gasteiger partial charge in [-0.2, -0.15) is 0 Å². The summed E-state index contributed by atoms with van der Waals surface area (Å²) >= 11 is 0.